The second-order valence-electron chi connectivity index (χ2n) is 8.25. The summed E-state index contributed by atoms with van der Waals surface area (Å²) in [6.45, 7) is 6.41. The first-order valence-corrected chi connectivity index (χ1v) is 11.0. The minimum Gasteiger partial charge on any atom is -0.375 e. The molecule has 2 unspecified atom stereocenters. The van der Waals surface area contributed by atoms with Crippen molar-refractivity contribution in [2.24, 2.45) is 4.99 Å². The third-order valence-electron chi connectivity index (χ3n) is 5.84. The van der Waals surface area contributed by atoms with Gasteiger partial charge in [0.15, 0.2) is 5.96 Å². The van der Waals surface area contributed by atoms with Gasteiger partial charge in [0, 0.05) is 58.1 Å². The van der Waals surface area contributed by atoms with Crippen LogP contribution in [-0.2, 0) is 11.3 Å². The molecule has 2 aliphatic rings. The summed E-state index contributed by atoms with van der Waals surface area (Å²) < 4.78 is 32.8. The Bertz CT molecular complexity index is 945. The van der Waals surface area contributed by atoms with E-state index in [1.165, 1.54) is 12.1 Å². The summed E-state index contributed by atoms with van der Waals surface area (Å²) in [7, 11) is 1.72. The molecule has 33 heavy (non-hydrogen) atoms. The van der Waals surface area contributed by atoms with Crippen molar-refractivity contribution in [1.29, 1.82) is 0 Å². The number of aromatic nitrogens is 1. The van der Waals surface area contributed by atoms with Gasteiger partial charge in [-0.3, -0.25) is 4.99 Å². The molecule has 10 heteroatoms. The number of nitrogens with one attached hydrogen (secondary N) is 2. The van der Waals surface area contributed by atoms with Crippen LogP contribution in [0.15, 0.2) is 41.5 Å². The lowest BCUT2D eigenvalue weighted by molar-refractivity contribution is 0.0529. The van der Waals surface area contributed by atoms with Gasteiger partial charge in [-0.15, -0.1) is 24.0 Å². The lowest BCUT2D eigenvalue weighted by Gasteiger charge is -2.32. The molecule has 7 nitrogen and oxygen atoms in total. The average Bonchev–Trinajstić information content (AvgIpc) is 3.25. The number of rotatable bonds is 5. The van der Waals surface area contributed by atoms with Crippen LogP contribution in [0.4, 0.5) is 20.3 Å². The van der Waals surface area contributed by atoms with Crippen molar-refractivity contribution in [1.82, 2.24) is 15.6 Å². The zero-order chi connectivity index (χ0) is 22.5. The second-order valence-corrected chi connectivity index (χ2v) is 8.25. The van der Waals surface area contributed by atoms with Gasteiger partial charge in [0.25, 0.3) is 0 Å². The quantitative estimate of drug-likeness (QED) is 0.326. The van der Waals surface area contributed by atoms with Gasteiger partial charge < -0.3 is 25.2 Å². The zero-order valence-electron chi connectivity index (χ0n) is 18.9. The van der Waals surface area contributed by atoms with Crippen molar-refractivity contribution < 1.29 is 13.5 Å². The van der Waals surface area contributed by atoms with Crippen molar-refractivity contribution in [3.8, 4) is 0 Å². The maximum atomic E-state index is 14.1. The minimum atomic E-state index is -0.563. The molecule has 2 fully saturated rings. The van der Waals surface area contributed by atoms with E-state index in [1.807, 2.05) is 17.2 Å². The Balaban J connectivity index is 0.00000306. The molecule has 2 atom stereocenters. The van der Waals surface area contributed by atoms with E-state index in [-0.39, 0.29) is 36.1 Å². The highest BCUT2D eigenvalue weighted by Gasteiger charge is 2.25. The highest BCUT2D eigenvalue weighted by atomic mass is 127. The molecule has 2 N–H and O–H groups in total. The van der Waals surface area contributed by atoms with Crippen LogP contribution in [0, 0.1) is 11.6 Å². The van der Waals surface area contributed by atoms with Gasteiger partial charge in [0.1, 0.15) is 17.5 Å². The summed E-state index contributed by atoms with van der Waals surface area (Å²) in [4.78, 5) is 13.1. The molecular weight excluding hydrogens is 541 g/mol. The Kier molecular flexibility index (Phi) is 9.07. The first-order chi connectivity index (χ1) is 15.5. The molecule has 1 aromatic carbocycles. The summed E-state index contributed by atoms with van der Waals surface area (Å²) in [5.74, 6) is 0.551. The lowest BCUT2D eigenvalue weighted by Crippen LogP contribution is -2.44. The number of aliphatic imine (C=N–C) groups is 1. The van der Waals surface area contributed by atoms with Crippen molar-refractivity contribution in [2.45, 2.75) is 32.0 Å². The van der Waals surface area contributed by atoms with Gasteiger partial charge in [0.05, 0.1) is 18.4 Å². The van der Waals surface area contributed by atoms with Crippen LogP contribution in [-0.4, -0.2) is 62.9 Å². The Morgan fingerprint density at radius 3 is 2.73 bits per heavy atom. The van der Waals surface area contributed by atoms with Gasteiger partial charge in [-0.25, -0.2) is 13.8 Å². The number of halogens is 3. The summed E-state index contributed by atoms with van der Waals surface area (Å²) in [5.41, 5.74) is 1.49. The number of pyridine rings is 1. The van der Waals surface area contributed by atoms with Crippen LogP contribution >= 0.6 is 24.0 Å². The predicted molar refractivity (Wildman–Crippen MR) is 138 cm³/mol. The van der Waals surface area contributed by atoms with Gasteiger partial charge in [0.2, 0.25) is 0 Å². The third kappa shape index (κ3) is 6.66. The number of hydrogen-bond acceptors (Lipinski definition) is 5. The first kappa shape index (κ1) is 25.4. The molecule has 0 spiro atoms. The van der Waals surface area contributed by atoms with E-state index >= 15 is 0 Å². The summed E-state index contributed by atoms with van der Waals surface area (Å²) in [5, 5.41) is 6.71. The van der Waals surface area contributed by atoms with E-state index < -0.39 is 11.6 Å². The van der Waals surface area contributed by atoms with E-state index in [9.17, 15) is 8.78 Å². The number of ether oxygens (including phenoxy) is 1. The molecule has 1 aromatic heterocycles. The number of morpholine rings is 1. The predicted octanol–water partition coefficient (Wildman–Crippen LogP) is 3.15. The van der Waals surface area contributed by atoms with E-state index in [4.69, 9.17) is 4.74 Å². The molecule has 0 bridgehead atoms. The van der Waals surface area contributed by atoms with Crippen molar-refractivity contribution in [3.05, 3.63) is 53.7 Å². The summed E-state index contributed by atoms with van der Waals surface area (Å²) >= 11 is 0. The standard InChI is InChI=1S/C23H30F2N6O.HI/c1-16-14-31(9-10-32-16)22-6-3-17(12-27-22)13-28-23(26-2)29-19-7-8-30(15-19)21-5-4-18(24)11-20(21)25;/h3-6,11-12,16,19H,7-10,13-15H2,1-2H3,(H2,26,28,29);1H. The Hall–Kier alpha value is -2.21. The first-order valence-electron chi connectivity index (χ1n) is 11.0. The summed E-state index contributed by atoms with van der Waals surface area (Å²) in [6.07, 6.45) is 2.93. The number of benzene rings is 1. The fourth-order valence-corrected chi connectivity index (χ4v) is 4.14. The average molecular weight is 572 g/mol. The van der Waals surface area contributed by atoms with Crippen molar-refractivity contribution in [2.75, 3.05) is 49.6 Å². The number of guanidine groups is 1. The molecule has 0 radical (unpaired) electrons. The van der Waals surface area contributed by atoms with E-state index in [2.05, 4.69) is 38.5 Å². The van der Waals surface area contributed by atoms with Gasteiger partial charge in [-0.2, -0.15) is 0 Å². The molecule has 4 rings (SSSR count). The van der Waals surface area contributed by atoms with Crippen LogP contribution in [0.5, 0.6) is 0 Å². The highest BCUT2D eigenvalue weighted by Crippen LogP contribution is 2.24. The zero-order valence-corrected chi connectivity index (χ0v) is 21.3. The molecule has 2 aliphatic heterocycles. The van der Waals surface area contributed by atoms with Crippen LogP contribution in [0.3, 0.4) is 0 Å². The van der Waals surface area contributed by atoms with Crippen molar-refractivity contribution >= 4 is 41.4 Å². The molecule has 0 amide bonds. The largest absolute Gasteiger partial charge is 0.375 e. The second kappa shape index (κ2) is 11.8. The van der Waals surface area contributed by atoms with Crippen LogP contribution < -0.4 is 20.4 Å². The molecule has 180 valence electrons. The molecule has 2 aromatic rings. The number of hydrogen-bond donors (Lipinski definition) is 2. The van der Waals surface area contributed by atoms with E-state index in [0.29, 0.717) is 31.3 Å². The maximum Gasteiger partial charge on any atom is 0.191 e. The molecule has 2 saturated heterocycles. The van der Waals surface area contributed by atoms with E-state index in [1.54, 1.807) is 7.05 Å². The normalized spacial score (nSPS) is 21.0. The Morgan fingerprint density at radius 1 is 1.18 bits per heavy atom. The molecule has 3 heterocycles. The van der Waals surface area contributed by atoms with E-state index in [0.717, 1.165) is 43.6 Å². The van der Waals surface area contributed by atoms with Crippen LogP contribution in [0.25, 0.3) is 0 Å². The maximum absolute atomic E-state index is 14.1. The Morgan fingerprint density at radius 2 is 2.03 bits per heavy atom. The smallest absolute Gasteiger partial charge is 0.191 e. The summed E-state index contributed by atoms with van der Waals surface area (Å²) in [6, 6.07) is 7.94. The molecular formula is C23H31F2IN6O. The van der Waals surface area contributed by atoms with Crippen LogP contribution in [0.1, 0.15) is 18.9 Å². The minimum absolute atomic E-state index is 0. The number of nitrogens with zero attached hydrogens (tertiary/aromatic N) is 4. The SMILES string of the molecule is CN=C(NCc1ccc(N2CCOC(C)C2)nc1)NC1CCN(c2ccc(F)cc2F)C1.I. The fraction of sp³-hybridized carbons (Fsp3) is 0.478. The Labute approximate surface area is 210 Å². The van der Waals surface area contributed by atoms with Gasteiger partial charge >= 0.3 is 0 Å². The fourth-order valence-electron chi connectivity index (χ4n) is 4.14. The van der Waals surface area contributed by atoms with Gasteiger partial charge in [-0.1, -0.05) is 6.07 Å². The third-order valence-corrected chi connectivity index (χ3v) is 5.84. The topological polar surface area (TPSA) is 65.0 Å². The van der Waals surface area contributed by atoms with Crippen molar-refractivity contribution in [3.63, 3.8) is 0 Å². The number of anilines is 2. The van der Waals surface area contributed by atoms with Crippen LogP contribution in [0.2, 0.25) is 0 Å². The monoisotopic (exact) mass is 572 g/mol. The molecule has 0 aliphatic carbocycles. The lowest BCUT2D eigenvalue weighted by atomic mass is 10.2. The molecule has 0 saturated carbocycles. The highest BCUT2D eigenvalue weighted by molar-refractivity contribution is 14.0. The van der Waals surface area contributed by atoms with Gasteiger partial charge in [-0.05, 0) is 37.1 Å².